The molecule has 0 aliphatic carbocycles. The Morgan fingerprint density at radius 1 is 0.821 bits per heavy atom. The highest BCUT2D eigenvalue weighted by Gasteiger charge is 2.11. The average Bonchev–Trinajstić information content (AvgIpc) is 3.16. The Bertz CT molecular complexity index is 820. The molecule has 0 radical (unpaired) electrons. The molecule has 0 unspecified atom stereocenters. The Balaban J connectivity index is 0.000000391. The molecule has 2 aromatic heterocycles. The summed E-state index contributed by atoms with van der Waals surface area (Å²) in [6.45, 7) is 3.89. The van der Waals surface area contributed by atoms with E-state index in [1.807, 2.05) is 13.8 Å². The summed E-state index contributed by atoms with van der Waals surface area (Å²) in [7, 11) is -8.59. The fraction of sp³-hybridized carbons (Fsp3) is 0.571. The van der Waals surface area contributed by atoms with Crippen molar-refractivity contribution in [3.63, 3.8) is 0 Å². The molecule has 2 N–H and O–H groups in total. The summed E-state index contributed by atoms with van der Waals surface area (Å²) in [4.78, 5) is 7.90. The second-order valence-electron chi connectivity index (χ2n) is 5.17. The Labute approximate surface area is 180 Å². The molecule has 0 spiro atoms. The molecule has 28 heavy (non-hydrogen) atoms. The highest BCUT2D eigenvalue weighted by molar-refractivity contribution is 9.09. The summed E-state index contributed by atoms with van der Waals surface area (Å²) in [5, 5.41) is 1.87. The first kappa shape index (κ1) is 27.2. The van der Waals surface area contributed by atoms with Crippen LogP contribution >= 0.6 is 31.9 Å². The van der Waals surface area contributed by atoms with Gasteiger partial charge < -0.3 is 8.83 Å². The van der Waals surface area contributed by atoms with Gasteiger partial charge in [0, 0.05) is 23.5 Å². The van der Waals surface area contributed by atoms with E-state index in [1.54, 1.807) is 0 Å². The van der Waals surface area contributed by atoms with Crippen molar-refractivity contribution in [3.05, 3.63) is 35.7 Å². The van der Waals surface area contributed by atoms with Crippen LogP contribution in [-0.4, -0.2) is 58.1 Å². The van der Waals surface area contributed by atoms with Crippen LogP contribution < -0.4 is 0 Å². The maximum absolute atomic E-state index is 9.86. The van der Waals surface area contributed by atoms with Crippen molar-refractivity contribution in [1.82, 2.24) is 9.97 Å². The first-order valence-electron chi connectivity index (χ1n) is 7.69. The molecule has 0 saturated carbocycles. The van der Waals surface area contributed by atoms with E-state index in [1.165, 1.54) is 12.8 Å². The lowest BCUT2D eigenvalue weighted by Crippen LogP contribution is -2.15. The summed E-state index contributed by atoms with van der Waals surface area (Å²) < 4.78 is 65.5. The van der Waals surface area contributed by atoms with Crippen molar-refractivity contribution in [2.45, 2.75) is 26.7 Å². The van der Waals surface area contributed by atoms with E-state index < -0.39 is 31.7 Å². The number of nitrogens with zero attached hydrogens (tertiary/aromatic N) is 2. The van der Waals surface area contributed by atoms with Crippen LogP contribution in [0.1, 0.15) is 22.9 Å². The number of hydrogen-bond acceptors (Lipinski definition) is 8. The molecule has 2 rings (SSSR count). The largest absolute Gasteiger partial charge is 0.448 e. The zero-order valence-corrected chi connectivity index (χ0v) is 20.0. The van der Waals surface area contributed by atoms with Gasteiger partial charge >= 0.3 is 0 Å². The molecule has 2 heterocycles. The standard InChI is InChI=1S/2C6H8BrNO.C2H6O6S2/c2*1-5-6(2-3-7)9-4-8-5;3-9(4,5)1-2-10(6,7)8/h2*4H,2-3H2,1H3;1-2H2,(H,3,4,5)(H,6,7,8). The fourth-order valence-corrected chi connectivity index (χ4v) is 3.92. The van der Waals surface area contributed by atoms with Gasteiger partial charge in [0.2, 0.25) is 0 Å². The lowest BCUT2D eigenvalue weighted by atomic mass is 10.3. The van der Waals surface area contributed by atoms with Gasteiger partial charge in [0.15, 0.2) is 12.8 Å². The molecule has 10 nitrogen and oxygen atoms in total. The molecule has 0 amide bonds. The van der Waals surface area contributed by atoms with Crippen LogP contribution in [0.2, 0.25) is 0 Å². The van der Waals surface area contributed by atoms with Crippen molar-refractivity contribution in [1.29, 1.82) is 0 Å². The molecule has 0 aliphatic heterocycles. The summed E-state index contributed by atoms with van der Waals surface area (Å²) >= 11 is 6.63. The van der Waals surface area contributed by atoms with Crippen molar-refractivity contribution in [2.24, 2.45) is 0 Å². The molecule has 0 saturated heterocycles. The minimum atomic E-state index is -4.30. The maximum Gasteiger partial charge on any atom is 0.265 e. The van der Waals surface area contributed by atoms with Gasteiger partial charge in [0.1, 0.15) is 11.5 Å². The summed E-state index contributed by atoms with van der Waals surface area (Å²) in [6.07, 6.45) is 4.80. The smallest absolute Gasteiger partial charge is 0.265 e. The normalized spacial score (nSPS) is 11.2. The van der Waals surface area contributed by atoms with E-state index in [9.17, 15) is 16.8 Å². The van der Waals surface area contributed by atoms with Crippen LogP contribution in [0, 0.1) is 13.8 Å². The van der Waals surface area contributed by atoms with E-state index >= 15 is 0 Å². The minimum Gasteiger partial charge on any atom is -0.448 e. The van der Waals surface area contributed by atoms with Gasteiger partial charge in [-0.25, -0.2) is 9.97 Å². The lowest BCUT2D eigenvalue weighted by molar-refractivity contribution is 0.472. The average molecular weight is 570 g/mol. The second kappa shape index (κ2) is 13.4. The number of aromatic nitrogens is 2. The van der Waals surface area contributed by atoms with Crippen LogP contribution in [0.15, 0.2) is 21.6 Å². The molecular weight excluding hydrogens is 548 g/mol. The Kier molecular flexibility index (Phi) is 13.0. The van der Waals surface area contributed by atoms with Gasteiger partial charge in [-0.2, -0.15) is 16.8 Å². The highest BCUT2D eigenvalue weighted by atomic mass is 79.9. The SMILES string of the molecule is Cc1ncoc1CCBr.Cc1ncoc1CCBr.O=S(=O)(O)CCS(=O)(=O)O. The van der Waals surface area contributed by atoms with Gasteiger partial charge in [-0.05, 0) is 13.8 Å². The predicted octanol–water partition coefficient (Wildman–Crippen LogP) is 2.60. The number of aryl methyl sites for hydroxylation is 4. The molecule has 2 aromatic rings. The van der Waals surface area contributed by atoms with E-state index in [2.05, 4.69) is 41.8 Å². The summed E-state index contributed by atoms with van der Waals surface area (Å²) in [5.41, 5.74) is 1.99. The Morgan fingerprint density at radius 3 is 1.32 bits per heavy atom. The molecular formula is C14H22Br2N2O8S2. The van der Waals surface area contributed by atoms with Gasteiger partial charge in [0.05, 0.1) is 22.9 Å². The summed E-state index contributed by atoms with van der Waals surface area (Å²) in [5.74, 6) is -0.00347. The maximum atomic E-state index is 9.86. The second-order valence-corrected chi connectivity index (χ2v) is 9.90. The molecule has 0 fully saturated rings. The van der Waals surface area contributed by atoms with Gasteiger partial charge in [0.25, 0.3) is 20.2 Å². The number of halogens is 2. The van der Waals surface area contributed by atoms with Crippen LogP contribution in [0.4, 0.5) is 0 Å². The van der Waals surface area contributed by atoms with Crippen molar-refractivity contribution < 1.29 is 34.8 Å². The van der Waals surface area contributed by atoms with Gasteiger partial charge in [-0.1, -0.05) is 31.9 Å². The quantitative estimate of drug-likeness (QED) is 0.374. The molecule has 0 atom stereocenters. The molecule has 0 bridgehead atoms. The zero-order chi connectivity index (χ0) is 21.8. The number of oxazole rings is 2. The van der Waals surface area contributed by atoms with Crippen LogP contribution in [-0.2, 0) is 33.1 Å². The van der Waals surface area contributed by atoms with E-state index in [-0.39, 0.29) is 0 Å². The third-order valence-electron chi connectivity index (χ3n) is 2.93. The van der Waals surface area contributed by atoms with E-state index in [0.717, 1.165) is 46.4 Å². The first-order valence-corrected chi connectivity index (χ1v) is 13.2. The molecule has 0 aliphatic rings. The van der Waals surface area contributed by atoms with Crippen molar-refractivity contribution in [2.75, 3.05) is 22.2 Å². The molecule has 14 heteroatoms. The Hall–Kier alpha value is -0.800. The van der Waals surface area contributed by atoms with Crippen LogP contribution in [0.5, 0.6) is 0 Å². The van der Waals surface area contributed by atoms with Crippen LogP contribution in [0.25, 0.3) is 0 Å². The van der Waals surface area contributed by atoms with Crippen molar-refractivity contribution >= 4 is 52.1 Å². The number of rotatable bonds is 7. The third kappa shape index (κ3) is 14.2. The lowest BCUT2D eigenvalue weighted by Gasteiger charge is -1.92. The van der Waals surface area contributed by atoms with E-state index in [0.29, 0.717) is 0 Å². The van der Waals surface area contributed by atoms with Crippen molar-refractivity contribution in [3.8, 4) is 0 Å². The number of hydrogen-bond donors (Lipinski definition) is 2. The first-order chi connectivity index (χ1) is 12.9. The zero-order valence-electron chi connectivity index (χ0n) is 15.2. The van der Waals surface area contributed by atoms with Gasteiger partial charge in [-0.15, -0.1) is 0 Å². The summed E-state index contributed by atoms with van der Waals surface area (Å²) in [6, 6.07) is 0. The monoisotopic (exact) mass is 568 g/mol. The molecule has 0 aromatic carbocycles. The van der Waals surface area contributed by atoms with E-state index in [4.69, 9.17) is 17.9 Å². The van der Waals surface area contributed by atoms with Crippen LogP contribution in [0.3, 0.4) is 0 Å². The number of alkyl halides is 2. The highest BCUT2D eigenvalue weighted by Crippen LogP contribution is 2.07. The Morgan fingerprint density at radius 2 is 1.14 bits per heavy atom. The topological polar surface area (TPSA) is 161 Å². The van der Waals surface area contributed by atoms with Gasteiger partial charge in [-0.3, -0.25) is 9.11 Å². The fourth-order valence-electron chi connectivity index (χ4n) is 1.51. The minimum absolute atomic E-state index is 0.922. The third-order valence-corrected chi connectivity index (χ3v) is 5.42. The predicted molar refractivity (Wildman–Crippen MR) is 110 cm³/mol. The molecule has 162 valence electrons.